The first kappa shape index (κ1) is 18.2. The summed E-state index contributed by atoms with van der Waals surface area (Å²) in [6.07, 6.45) is 2.05. The van der Waals surface area contributed by atoms with Crippen LogP contribution in [0.5, 0.6) is 0 Å². The van der Waals surface area contributed by atoms with E-state index in [0.717, 1.165) is 0 Å². The van der Waals surface area contributed by atoms with Gasteiger partial charge in [-0.1, -0.05) is 0 Å². The van der Waals surface area contributed by atoms with Crippen LogP contribution in [0.4, 0.5) is 4.79 Å². The zero-order valence-corrected chi connectivity index (χ0v) is 12.1. The van der Waals surface area contributed by atoms with E-state index in [0.29, 0.717) is 32.4 Å². The van der Waals surface area contributed by atoms with Gasteiger partial charge >= 0.3 is 18.0 Å². The fraction of sp³-hybridized carbons (Fsp3) is 0.769. The molecule has 0 radical (unpaired) electrons. The number of carbonyl (C=O) groups excluding carboxylic acids is 2. The number of esters is 1. The smallest absolute Gasteiger partial charge is 0.314 e. The van der Waals surface area contributed by atoms with Crippen LogP contribution in [0.1, 0.15) is 46.0 Å². The number of urea groups is 1. The van der Waals surface area contributed by atoms with Crippen molar-refractivity contribution >= 4 is 18.0 Å². The molecule has 0 saturated carbocycles. The second-order valence-electron chi connectivity index (χ2n) is 4.50. The van der Waals surface area contributed by atoms with Gasteiger partial charge in [0, 0.05) is 25.4 Å². The van der Waals surface area contributed by atoms with E-state index >= 15 is 0 Å². The maximum absolute atomic E-state index is 11.5. The SMILES string of the molecule is CCOC(=O)CCCNC(=O)NC(C)CCCC(=O)O. The minimum Gasteiger partial charge on any atom is -0.481 e. The van der Waals surface area contributed by atoms with Crippen LogP contribution in [0.25, 0.3) is 0 Å². The highest BCUT2D eigenvalue weighted by molar-refractivity contribution is 5.74. The fourth-order valence-electron chi connectivity index (χ4n) is 1.57. The molecule has 0 rings (SSSR count). The summed E-state index contributed by atoms with van der Waals surface area (Å²) >= 11 is 0. The molecule has 0 spiro atoms. The first-order valence-corrected chi connectivity index (χ1v) is 6.87. The number of carbonyl (C=O) groups is 3. The number of carboxylic acids is 1. The summed E-state index contributed by atoms with van der Waals surface area (Å²) in [6.45, 7) is 4.32. The first-order chi connectivity index (χ1) is 9.45. The van der Waals surface area contributed by atoms with Crippen LogP contribution in [0.3, 0.4) is 0 Å². The Morgan fingerprint density at radius 1 is 1.20 bits per heavy atom. The lowest BCUT2D eigenvalue weighted by atomic mass is 10.1. The van der Waals surface area contributed by atoms with Crippen molar-refractivity contribution in [2.45, 2.75) is 52.0 Å². The van der Waals surface area contributed by atoms with Crippen LogP contribution in [-0.2, 0) is 14.3 Å². The van der Waals surface area contributed by atoms with Crippen LogP contribution < -0.4 is 10.6 Å². The number of ether oxygens (including phenoxy) is 1. The molecule has 0 bridgehead atoms. The van der Waals surface area contributed by atoms with Gasteiger partial charge in [0.15, 0.2) is 0 Å². The summed E-state index contributed by atoms with van der Waals surface area (Å²) in [5.41, 5.74) is 0. The van der Waals surface area contributed by atoms with Crippen LogP contribution >= 0.6 is 0 Å². The van der Waals surface area contributed by atoms with Gasteiger partial charge in [-0.2, -0.15) is 0 Å². The van der Waals surface area contributed by atoms with Gasteiger partial charge in [-0.15, -0.1) is 0 Å². The highest BCUT2D eigenvalue weighted by Crippen LogP contribution is 2.00. The number of nitrogens with one attached hydrogen (secondary N) is 2. The summed E-state index contributed by atoms with van der Waals surface area (Å²) < 4.78 is 4.76. The van der Waals surface area contributed by atoms with Crippen LogP contribution in [0.15, 0.2) is 0 Å². The molecule has 3 N–H and O–H groups in total. The third kappa shape index (κ3) is 11.3. The molecule has 0 aliphatic heterocycles. The lowest BCUT2D eigenvalue weighted by Crippen LogP contribution is -2.41. The average molecular weight is 288 g/mol. The van der Waals surface area contributed by atoms with E-state index in [1.165, 1.54) is 0 Å². The van der Waals surface area contributed by atoms with Gasteiger partial charge in [-0.05, 0) is 33.1 Å². The van der Waals surface area contributed by atoms with E-state index in [1.54, 1.807) is 6.92 Å². The lowest BCUT2D eigenvalue weighted by molar-refractivity contribution is -0.143. The predicted molar refractivity (Wildman–Crippen MR) is 73.4 cm³/mol. The molecule has 0 fully saturated rings. The Morgan fingerprint density at radius 2 is 1.90 bits per heavy atom. The molecule has 1 unspecified atom stereocenters. The molecular weight excluding hydrogens is 264 g/mol. The van der Waals surface area contributed by atoms with E-state index in [1.807, 2.05) is 6.92 Å². The third-order valence-electron chi connectivity index (χ3n) is 2.55. The van der Waals surface area contributed by atoms with Crippen molar-refractivity contribution in [3.8, 4) is 0 Å². The molecule has 7 nitrogen and oxygen atoms in total. The minimum atomic E-state index is -0.833. The van der Waals surface area contributed by atoms with Gasteiger partial charge < -0.3 is 20.5 Å². The molecule has 0 aromatic carbocycles. The van der Waals surface area contributed by atoms with Crippen molar-refractivity contribution in [3.63, 3.8) is 0 Å². The Bertz CT molecular complexity index is 320. The predicted octanol–water partition coefficient (Wildman–Crippen LogP) is 1.27. The maximum atomic E-state index is 11.5. The van der Waals surface area contributed by atoms with Crippen molar-refractivity contribution in [1.29, 1.82) is 0 Å². The van der Waals surface area contributed by atoms with Crippen LogP contribution in [0, 0.1) is 0 Å². The Kier molecular flexibility index (Phi) is 10.1. The number of hydrogen-bond donors (Lipinski definition) is 3. The van der Waals surface area contributed by atoms with Gasteiger partial charge in [0.25, 0.3) is 0 Å². The third-order valence-corrected chi connectivity index (χ3v) is 2.55. The Hall–Kier alpha value is -1.79. The molecule has 7 heteroatoms. The Balaban J connectivity index is 3.57. The molecule has 116 valence electrons. The molecule has 0 heterocycles. The number of aliphatic carboxylic acids is 1. The molecule has 2 amide bonds. The topological polar surface area (TPSA) is 105 Å². The zero-order valence-electron chi connectivity index (χ0n) is 12.1. The quantitative estimate of drug-likeness (QED) is 0.415. The van der Waals surface area contributed by atoms with E-state index < -0.39 is 5.97 Å². The highest BCUT2D eigenvalue weighted by atomic mass is 16.5. The summed E-state index contributed by atoms with van der Waals surface area (Å²) in [6, 6.07) is -0.393. The zero-order chi connectivity index (χ0) is 15.4. The minimum absolute atomic E-state index is 0.0839. The number of rotatable bonds is 10. The van der Waals surface area contributed by atoms with Gasteiger partial charge in [-0.3, -0.25) is 9.59 Å². The van der Waals surface area contributed by atoms with Crippen LogP contribution in [-0.4, -0.2) is 42.3 Å². The monoisotopic (exact) mass is 288 g/mol. The molecule has 0 aliphatic carbocycles. The molecule has 0 aromatic rings. The van der Waals surface area contributed by atoms with Crippen molar-refractivity contribution in [2.24, 2.45) is 0 Å². The Labute approximate surface area is 119 Å². The molecule has 20 heavy (non-hydrogen) atoms. The summed E-state index contributed by atoms with van der Waals surface area (Å²) in [5, 5.41) is 13.8. The number of carboxylic acid groups (broad SMARTS) is 1. The summed E-state index contributed by atoms with van der Waals surface area (Å²) in [5.74, 6) is -1.10. The van der Waals surface area contributed by atoms with Gasteiger partial charge in [0.2, 0.25) is 0 Å². The van der Waals surface area contributed by atoms with Crippen molar-refractivity contribution in [1.82, 2.24) is 10.6 Å². The highest BCUT2D eigenvalue weighted by Gasteiger charge is 2.08. The average Bonchev–Trinajstić information content (AvgIpc) is 2.34. The summed E-state index contributed by atoms with van der Waals surface area (Å²) in [7, 11) is 0. The molecule has 1 atom stereocenters. The largest absolute Gasteiger partial charge is 0.481 e. The number of hydrogen-bond acceptors (Lipinski definition) is 4. The molecule has 0 aliphatic rings. The standard InChI is InChI=1S/C13H24N2O5/c1-3-20-12(18)8-5-9-14-13(19)15-10(2)6-4-7-11(16)17/h10H,3-9H2,1-2H3,(H,16,17)(H2,14,15,19). The second-order valence-corrected chi connectivity index (χ2v) is 4.50. The fourth-order valence-corrected chi connectivity index (χ4v) is 1.57. The molecule has 0 saturated heterocycles. The molecule has 0 aromatic heterocycles. The van der Waals surface area contributed by atoms with E-state index in [-0.39, 0.29) is 30.9 Å². The summed E-state index contributed by atoms with van der Waals surface area (Å²) in [4.78, 5) is 32.8. The van der Waals surface area contributed by atoms with Gasteiger partial charge in [-0.25, -0.2) is 4.79 Å². The van der Waals surface area contributed by atoms with E-state index in [4.69, 9.17) is 9.84 Å². The van der Waals surface area contributed by atoms with Crippen molar-refractivity contribution in [2.75, 3.05) is 13.2 Å². The normalized spacial score (nSPS) is 11.5. The van der Waals surface area contributed by atoms with Crippen molar-refractivity contribution < 1.29 is 24.2 Å². The second kappa shape index (κ2) is 11.1. The van der Waals surface area contributed by atoms with E-state index in [9.17, 15) is 14.4 Å². The number of amides is 2. The van der Waals surface area contributed by atoms with Crippen LogP contribution in [0.2, 0.25) is 0 Å². The van der Waals surface area contributed by atoms with Gasteiger partial charge in [0.1, 0.15) is 0 Å². The van der Waals surface area contributed by atoms with Gasteiger partial charge in [0.05, 0.1) is 6.61 Å². The lowest BCUT2D eigenvalue weighted by Gasteiger charge is -2.14. The molecular formula is C13H24N2O5. The Morgan fingerprint density at radius 3 is 2.50 bits per heavy atom. The van der Waals surface area contributed by atoms with Crippen molar-refractivity contribution in [3.05, 3.63) is 0 Å². The first-order valence-electron chi connectivity index (χ1n) is 6.87. The van der Waals surface area contributed by atoms with E-state index in [2.05, 4.69) is 10.6 Å². The maximum Gasteiger partial charge on any atom is 0.314 e.